The van der Waals surface area contributed by atoms with Crippen LogP contribution in [0.15, 0.2) is 54.7 Å². The minimum absolute atomic E-state index is 0.000897. The minimum atomic E-state index is -0.000897. The van der Waals surface area contributed by atoms with Gasteiger partial charge in [-0.1, -0.05) is 24.3 Å². The van der Waals surface area contributed by atoms with Crippen molar-refractivity contribution < 1.29 is 4.79 Å². The quantitative estimate of drug-likeness (QED) is 0.892. The summed E-state index contributed by atoms with van der Waals surface area (Å²) in [6.07, 6.45) is 2.78. The second kappa shape index (κ2) is 4.61. The molecule has 1 saturated carbocycles. The number of carbonyl (C=O) groups excluding carboxylic acids is 1. The molecule has 2 atom stereocenters. The Bertz CT molecular complexity index is 539. The third kappa shape index (κ3) is 2.25. The molecule has 3 rings (SSSR count). The zero-order chi connectivity index (χ0) is 12.4. The van der Waals surface area contributed by atoms with E-state index in [1.165, 1.54) is 0 Å². The second-order valence-corrected chi connectivity index (χ2v) is 4.54. The number of nitrogens with zero attached hydrogens (tertiary/aromatic N) is 1. The largest absolute Gasteiger partial charge is 0.349 e. The van der Waals surface area contributed by atoms with Gasteiger partial charge in [0.2, 0.25) is 0 Å². The number of aromatic nitrogens is 1. The maximum Gasteiger partial charge on any atom is 0.251 e. The highest BCUT2D eigenvalue weighted by atomic mass is 16.1. The smallest absolute Gasteiger partial charge is 0.251 e. The first-order valence-electron chi connectivity index (χ1n) is 6.11. The molecule has 1 aliphatic carbocycles. The lowest BCUT2D eigenvalue weighted by atomic mass is 10.2. The fourth-order valence-corrected chi connectivity index (χ4v) is 2.12. The van der Waals surface area contributed by atoms with E-state index in [0.29, 0.717) is 11.5 Å². The molecule has 2 unspecified atom stereocenters. The summed E-state index contributed by atoms with van der Waals surface area (Å²) in [7, 11) is 0. The van der Waals surface area contributed by atoms with E-state index in [1.807, 2.05) is 48.5 Å². The number of carbonyl (C=O) groups is 1. The standard InChI is InChI=1S/C15H14N2O/c18-15(11-6-2-1-3-7-11)17-14-10-12(14)13-8-4-5-9-16-13/h1-9,12,14H,10H2,(H,17,18). The normalized spacial score (nSPS) is 21.3. The number of pyridine rings is 1. The zero-order valence-electron chi connectivity index (χ0n) is 9.91. The molecule has 1 aromatic heterocycles. The lowest BCUT2D eigenvalue weighted by Gasteiger charge is -2.04. The van der Waals surface area contributed by atoms with Gasteiger partial charge in [0.05, 0.1) is 0 Å². The molecule has 18 heavy (non-hydrogen) atoms. The number of rotatable bonds is 3. The molecule has 3 heteroatoms. The summed E-state index contributed by atoms with van der Waals surface area (Å²) in [6.45, 7) is 0. The monoisotopic (exact) mass is 238 g/mol. The Morgan fingerprint density at radius 3 is 2.61 bits per heavy atom. The molecule has 1 fully saturated rings. The van der Waals surface area contributed by atoms with Crippen LogP contribution in [-0.2, 0) is 0 Å². The molecule has 90 valence electrons. The van der Waals surface area contributed by atoms with Crippen LogP contribution in [0.4, 0.5) is 0 Å². The van der Waals surface area contributed by atoms with E-state index in [2.05, 4.69) is 10.3 Å². The Morgan fingerprint density at radius 1 is 1.11 bits per heavy atom. The molecular formula is C15H14N2O. The van der Waals surface area contributed by atoms with E-state index >= 15 is 0 Å². The molecule has 2 aromatic rings. The van der Waals surface area contributed by atoms with E-state index in [0.717, 1.165) is 12.1 Å². The Balaban J connectivity index is 1.62. The lowest BCUT2D eigenvalue weighted by molar-refractivity contribution is 0.0950. The second-order valence-electron chi connectivity index (χ2n) is 4.54. The Kier molecular flexibility index (Phi) is 2.81. The van der Waals surface area contributed by atoms with Crippen LogP contribution < -0.4 is 5.32 Å². The zero-order valence-corrected chi connectivity index (χ0v) is 9.91. The van der Waals surface area contributed by atoms with Crippen LogP contribution in [0, 0.1) is 0 Å². The summed E-state index contributed by atoms with van der Waals surface area (Å²) >= 11 is 0. The molecule has 1 heterocycles. The van der Waals surface area contributed by atoms with Crippen molar-refractivity contribution in [3.63, 3.8) is 0 Å². The summed E-state index contributed by atoms with van der Waals surface area (Å²) in [5.74, 6) is 0.373. The van der Waals surface area contributed by atoms with E-state index in [1.54, 1.807) is 6.20 Å². The SMILES string of the molecule is O=C(NC1CC1c1ccccn1)c1ccccc1. The Hall–Kier alpha value is -2.16. The van der Waals surface area contributed by atoms with Crippen LogP contribution in [0.25, 0.3) is 0 Å². The van der Waals surface area contributed by atoms with Gasteiger partial charge in [0.1, 0.15) is 0 Å². The minimum Gasteiger partial charge on any atom is -0.349 e. The van der Waals surface area contributed by atoms with Gasteiger partial charge >= 0.3 is 0 Å². The number of hydrogen-bond acceptors (Lipinski definition) is 2. The fourth-order valence-electron chi connectivity index (χ4n) is 2.12. The molecule has 0 radical (unpaired) electrons. The molecule has 1 N–H and O–H groups in total. The fraction of sp³-hybridized carbons (Fsp3) is 0.200. The molecule has 0 bridgehead atoms. The van der Waals surface area contributed by atoms with Crippen molar-refractivity contribution in [2.75, 3.05) is 0 Å². The summed E-state index contributed by atoms with van der Waals surface area (Å²) in [5.41, 5.74) is 1.78. The van der Waals surface area contributed by atoms with Crippen molar-refractivity contribution in [3.8, 4) is 0 Å². The highest BCUT2D eigenvalue weighted by Gasteiger charge is 2.40. The van der Waals surface area contributed by atoms with Gasteiger partial charge in [0, 0.05) is 29.4 Å². The number of hydrogen-bond donors (Lipinski definition) is 1. The van der Waals surface area contributed by atoms with E-state index in [9.17, 15) is 4.79 Å². The molecule has 1 aliphatic rings. The molecule has 0 saturated heterocycles. The number of amides is 1. The van der Waals surface area contributed by atoms with Gasteiger partial charge in [-0.25, -0.2) is 0 Å². The third-order valence-electron chi connectivity index (χ3n) is 3.21. The van der Waals surface area contributed by atoms with Gasteiger partial charge in [-0.3, -0.25) is 9.78 Å². The van der Waals surface area contributed by atoms with Gasteiger partial charge in [-0.05, 0) is 30.7 Å². The molecule has 0 spiro atoms. The maximum atomic E-state index is 11.9. The first-order valence-corrected chi connectivity index (χ1v) is 6.11. The Morgan fingerprint density at radius 2 is 1.89 bits per heavy atom. The average molecular weight is 238 g/mol. The summed E-state index contributed by atoms with van der Waals surface area (Å²) < 4.78 is 0. The van der Waals surface area contributed by atoms with Gasteiger partial charge in [0.15, 0.2) is 0 Å². The van der Waals surface area contributed by atoms with Crippen LogP contribution in [0.1, 0.15) is 28.4 Å². The van der Waals surface area contributed by atoms with Crippen LogP contribution >= 0.6 is 0 Å². The Labute approximate surface area is 106 Å². The van der Waals surface area contributed by atoms with Crippen molar-refractivity contribution in [3.05, 3.63) is 66.0 Å². The van der Waals surface area contributed by atoms with Gasteiger partial charge in [-0.15, -0.1) is 0 Å². The van der Waals surface area contributed by atoms with E-state index < -0.39 is 0 Å². The summed E-state index contributed by atoms with van der Waals surface area (Å²) in [5, 5.41) is 3.04. The predicted molar refractivity (Wildman–Crippen MR) is 69.3 cm³/mol. The highest BCUT2D eigenvalue weighted by Crippen LogP contribution is 2.39. The topological polar surface area (TPSA) is 42.0 Å². The lowest BCUT2D eigenvalue weighted by Crippen LogP contribution is -2.26. The van der Waals surface area contributed by atoms with Crippen LogP contribution in [0.5, 0.6) is 0 Å². The summed E-state index contributed by atoms with van der Waals surface area (Å²) in [6, 6.07) is 15.4. The van der Waals surface area contributed by atoms with Gasteiger partial charge < -0.3 is 5.32 Å². The average Bonchev–Trinajstić information content (AvgIpc) is 3.20. The third-order valence-corrected chi connectivity index (χ3v) is 3.21. The number of benzene rings is 1. The molecule has 1 aromatic carbocycles. The van der Waals surface area contributed by atoms with E-state index in [4.69, 9.17) is 0 Å². The maximum absolute atomic E-state index is 11.9. The van der Waals surface area contributed by atoms with Crippen molar-refractivity contribution in [1.29, 1.82) is 0 Å². The first-order chi connectivity index (χ1) is 8.84. The van der Waals surface area contributed by atoms with Crippen molar-refractivity contribution in [2.24, 2.45) is 0 Å². The molecule has 0 aliphatic heterocycles. The van der Waals surface area contributed by atoms with Crippen molar-refractivity contribution in [2.45, 2.75) is 18.4 Å². The first kappa shape index (κ1) is 11.0. The van der Waals surface area contributed by atoms with Crippen molar-refractivity contribution in [1.82, 2.24) is 10.3 Å². The molecule has 3 nitrogen and oxygen atoms in total. The van der Waals surface area contributed by atoms with Crippen LogP contribution in [0.3, 0.4) is 0 Å². The van der Waals surface area contributed by atoms with Crippen LogP contribution in [-0.4, -0.2) is 16.9 Å². The molecule has 1 amide bonds. The highest BCUT2D eigenvalue weighted by molar-refractivity contribution is 5.94. The number of nitrogens with one attached hydrogen (secondary N) is 1. The predicted octanol–water partition coefficient (Wildman–Crippen LogP) is 2.37. The van der Waals surface area contributed by atoms with Crippen molar-refractivity contribution >= 4 is 5.91 Å². The van der Waals surface area contributed by atoms with Crippen LogP contribution in [0.2, 0.25) is 0 Å². The summed E-state index contributed by atoms with van der Waals surface area (Å²) in [4.78, 5) is 16.3. The van der Waals surface area contributed by atoms with E-state index in [-0.39, 0.29) is 11.9 Å². The van der Waals surface area contributed by atoms with Gasteiger partial charge in [-0.2, -0.15) is 0 Å². The molecular weight excluding hydrogens is 224 g/mol. The van der Waals surface area contributed by atoms with Gasteiger partial charge in [0.25, 0.3) is 5.91 Å².